The van der Waals surface area contributed by atoms with Crippen LogP contribution in [-0.4, -0.2) is 12.7 Å². The number of carbonyl (C=O) groups is 1. The van der Waals surface area contributed by atoms with E-state index in [9.17, 15) is 9.36 Å². The predicted octanol–water partition coefficient (Wildman–Crippen LogP) is 3.82. The van der Waals surface area contributed by atoms with Crippen LogP contribution in [0.25, 0.3) is 0 Å². The number of hydrogen-bond acceptors (Lipinski definition) is 5. The molecule has 0 fully saturated rings. The van der Waals surface area contributed by atoms with E-state index in [2.05, 4.69) is 5.32 Å². The quantitative estimate of drug-likeness (QED) is 0.804. The summed E-state index contributed by atoms with van der Waals surface area (Å²) in [5.41, 5.74) is 2.06. The number of cyclic esters (lactones) is 1. The predicted molar refractivity (Wildman–Crippen MR) is 90.3 cm³/mol. The maximum atomic E-state index is 13.3. The third-order valence-electron chi connectivity index (χ3n) is 3.55. The zero-order valence-electron chi connectivity index (χ0n) is 13.2. The lowest BCUT2D eigenvalue weighted by Crippen LogP contribution is -2.27. The topological polar surface area (TPSA) is 73.9 Å². The Bertz CT molecular complexity index is 778. The van der Waals surface area contributed by atoms with E-state index in [0.29, 0.717) is 11.0 Å². The highest BCUT2D eigenvalue weighted by Gasteiger charge is 2.33. The van der Waals surface area contributed by atoms with Gasteiger partial charge < -0.3 is 13.8 Å². The van der Waals surface area contributed by atoms with Crippen LogP contribution < -0.4 is 10.6 Å². The van der Waals surface area contributed by atoms with Crippen molar-refractivity contribution in [2.24, 2.45) is 0 Å². The smallest absolute Gasteiger partial charge is 0.411 e. The lowest BCUT2D eigenvalue weighted by atomic mass is 10.2. The first-order valence-corrected chi connectivity index (χ1v) is 9.16. The second-order valence-corrected chi connectivity index (χ2v) is 7.18. The molecule has 1 atom stereocenters. The fourth-order valence-corrected chi connectivity index (χ4v) is 4.19. The number of benzene rings is 2. The Labute approximate surface area is 140 Å². The fraction of sp³-hybridized carbons (Fsp3) is 0.235. The summed E-state index contributed by atoms with van der Waals surface area (Å²) >= 11 is 0. The Hall–Kier alpha value is -2.14. The highest BCUT2D eigenvalue weighted by molar-refractivity contribution is 7.62. The summed E-state index contributed by atoms with van der Waals surface area (Å²) in [6.45, 7) is 2.24. The van der Waals surface area contributed by atoms with Crippen molar-refractivity contribution in [3.63, 3.8) is 0 Å². The van der Waals surface area contributed by atoms with Gasteiger partial charge in [-0.15, -0.1) is 0 Å². The number of amides is 1. The average molecular weight is 347 g/mol. The van der Waals surface area contributed by atoms with Crippen LogP contribution >= 0.6 is 7.60 Å². The average Bonchev–Trinajstić information content (AvgIpc) is 2.60. The van der Waals surface area contributed by atoms with Gasteiger partial charge in [-0.1, -0.05) is 42.5 Å². The Morgan fingerprint density at radius 1 is 1.12 bits per heavy atom. The van der Waals surface area contributed by atoms with Crippen molar-refractivity contribution in [2.75, 3.05) is 11.9 Å². The minimum Gasteiger partial charge on any atom is -0.444 e. The first-order chi connectivity index (χ1) is 11.6. The minimum atomic E-state index is -3.59. The minimum absolute atomic E-state index is 0.125. The Morgan fingerprint density at radius 2 is 1.92 bits per heavy atom. The number of para-hydroxylation sites is 1. The van der Waals surface area contributed by atoms with E-state index in [4.69, 9.17) is 13.8 Å². The molecular weight excluding hydrogens is 329 g/mol. The van der Waals surface area contributed by atoms with Gasteiger partial charge in [0.1, 0.15) is 6.61 Å². The molecule has 1 unspecified atom stereocenters. The summed E-state index contributed by atoms with van der Waals surface area (Å²) in [7, 11) is -3.59. The molecule has 3 rings (SSSR count). The molecule has 1 amide bonds. The van der Waals surface area contributed by atoms with E-state index in [1.165, 1.54) is 0 Å². The summed E-state index contributed by atoms with van der Waals surface area (Å²) in [6, 6.07) is 14.6. The van der Waals surface area contributed by atoms with Crippen LogP contribution in [-0.2, 0) is 31.6 Å². The molecule has 1 N–H and O–H groups in total. The molecule has 24 heavy (non-hydrogen) atoms. The van der Waals surface area contributed by atoms with E-state index in [1.807, 2.05) is 30.3 Å². The monoisotopic (exact) mass is 347 g/mol. The van der Waals surface area contributed by atoms with Crippen LogP contribution in [0.1, 0.15) is 18.1 Å². The fourth-order valence-electron chi connectivity index (χ4n) is 2.44. The zero-order chi connectivity index (χ0) is 17.0. The molecule has 126 valence electrons. The van der Waals surface area contributed by atoms with E-state index >= 15 is 0 Å². The van der Waals surface area contributed by atoms with E-state index in [0.717, 1.165) is 11.1 Å². The Kier molecular flexibility index (Phi) is 5.00. The van der Waals surface area contributed by atoms with E-state index in [-0.39, 0.29) is 19.8 Å². The molecule has 0 aromatic heterocycles. The van der Waals surface area contributed by atoms with Gasteiger partial charge in [0.05, 0.1) is 24.2 Å². The molecule has 1 aliphatic heterocycles. The van der Waals surface area contributed by atoms with Crippen LogP contribution in [0.4, 0.5) is 10.5 Å². The van der Waals surface area contributed by atoms with Crippen molar-refractivity contribution >= 4 is 24.7 Å². The highest BCUT2D eigenvalue weighted by Crippen LogP contribution is 2.50. The van der Waals surface area contributed by atoms with Gasteiger partial charge in [0, 0.05) is 5.56 Å². The molecule has 0 bridgehead atoms. The number of hydrogen-bond donors (Lipinski definition) is 1. The molecule has 6 nitrogen and oxygen atoms in total. The van der Waals surface area contributed by atoms with Gasteiger partial charge in [-0.25, -0.2) is 4.79 Å². The van der Waals surface area contributed by atoms with Crippen molar-refractivity contribution in [3.05, 3.63) is 59.7 Å². The second kappa shape index (κ2) is 7.18. The van der Waals surface area contributed by atoms with Crippen LogP contribution in [0.3, 0.4) is 0 Å². The highest BCUT2D eigenvalue weighted by atomic mass is 31.2. The van der Waals surface area contributed by atoms with Crippen LogP contribution in [0.15, 0.2) is 48.5 Å². The number of nitrogens with one attached hydrogen (secondary N) is 1. The lowest BCUT2D eigenvalue weighted by Gasteiger charge is -2.24. The van der Waals surface area contributed by atoms with E-state index < -0.39 is 13.7 Å². The molecule has 0 saturated heterocycles. The molecule has 0 radical (unpaired) electrons. The molecule has 7 heteroatoms. The lowest BCUT2D eigenvalue weighted by molar-refractivity contribution is 0.151. The summed E-state index contributed by atoms with van der Waals surface area (Å²) in [4.78, 5) is 11.5. The van der Waals surface area contributed by atoms with Crippen LogP contribution in [0.2, 0.25) is 0 Å². The standard InChI is InChI=1S/C17H18NO5P/c1-2-22-24(20,23-11-13-7-4-3-5-8-13)15-10-6-9-14-12-21-17(19)18-16(14)15/h3-10H,2,11-12H2,1H3,(H,18,19). The summed E-state index contributed by atoms with van der Waals surface area (Å²) < 4.78 is 29.4. The largest absolute Gasteiger partial charge is 0.444 e. The molecule has 1 aliphatic rings. The SMILES string of the molecule is CCOP(=O)(OCc1ccccc1)c1cccc2c1NC(=O)OC2. The van der Waals surface area contributed by atoms with Gasteiger partial charge in [-0.3, -0.25) is 9.88 Å². The van der Waals surface area contributed by atoms with Crippen molar-refractivity contribution < 1.29 is 23.1 Å². The van der Waals surface area contributed by atoms with Gasteiger partial charge in [0.2, 0.25) is 0 Å². The summed E-state index contributed by atoms with van der Waals surface area (Å²) in [6.07, 6.45) is -0.582. The van der Waals surface area contributed by atoms with Gasteiger partial charge >= 0.3 is 13.7 Å². The van der Waals surface area contributed by atoms with Crippen molar-refractivity contribution in [2.45, 2.75) is 20.1 Å². The molecule has 0 saturated carbocycles. The van der Waals surface area contributed by atoms with Gasteiger partial charge in [0.25, 0.3) is 0 Å². The molecule has 1 heterocycles. The molecule has 0 spiro atoms. The van der Waals surface area contributed by atoms with Crippen molar-refractivity contribution in [1.29, 1.82) is 0 Å². The molecule has 2 aromatic rings. The third-order valence-corrected chi connectivity index (χ3v) is 5.58. The number of carbonyl (C=O) groups excluding carboxylic acids is 1. The number of anilines is 1. The molecule has 0 aliphatic carbocycles. The van der Waals surface area contributed by atoms with E-state index in [1.54, 1.807) is 25.1 Å². The molecule has 2 aromatic carbocycles. The van der Waals surface area contributed by atoms with Crippen molar-refractivity contribution in [3.8, 4) is 0 Å². The Morgan fingerprint density at radius 3 is 2.67 bits per heavy atom. The number of rotatable bonds is 6. The maximum absolute atomic E-state index is 13.3. The van der Waals surface area contributed by atoms with Gasteiger partial charge in [-0.2, -0.15) is 0 Å². The van der Waals surface area contributed by atoms with Crippen LogP contribution in [0, 0.1) is 0 Å². The third kappa shape index (κ3) is 3.51. The number of fused-ring (bicyclic) bond motifs is 1. The van der Waals surface area contributed by atoms with Gasteiger partial charge in [0.15, 0.2) is 0 Å². The number of ether oxygens (including phenoxy) is 1. The Balaban J connectivity index is 1.93. The summed E-state index contributed by atoms with van der Waals surface area (Å²) in [5, 5.41) is 2.94. The maximum Gasteiger partial charge on any atom is 0.411 e. The van der Waals surface area contributed by atoms with Crippen molar-refractivity contribution in [1.82, 2.24) is 0 Å². The normalized spacial score (nSPS) is 15.8. The van der Waals surface area contributed by atoms with Gasteiger partial charge in [-0.05, 0) is 18.6 Å². The second-order valence-electron chi connectivity index (χ2n) is 5.19. The first-order valence-electron chi connectivity index (χ1n) is 7.61. The first kappa shape index (κ1) is 16.7. The van der Waals surface area contributed by atoms with Crippen LogP contribution in [0.5, 0.6) is 0 Å². The zero-order valence-corrected chi connectivity index (χ0v) is 14.1. The molecular formula is C17H18NO5P. The summed E-state index contributed by atoms with van der Waals surface area (Å²) in [5.74, 6) is 0.